The van der Waals surface area contributed by atoms with E-state index in [1.54, 1.807) is 6.07 Å². The van der Waals surface area contributed by atoms with E-state index in [4.69, 9.17) is 4.74 Å². The van der Waals surface area contributed by atoms with Gasteiger partial charge in [0.25, 0.3) is 0 Å². The van der Waals surface area contributed by atoms with E-state index in [1.165, 1.54) is 5.01 Å². The predicted octanol–water partition coefficient (Wildman–Crippen LogP) is 1.01. The Kier molecular flexibility index (Phi) is 8.30. The molecule has 11 nitrogen and oxygen atoms in total. The molecule has 4 rings (SSSR count). The number of carbonyl (C=O) groups is 3. The Balaban J connectivity index is 1.42. The summed E-state index contributed by atoms with van der Waals surface area (Å²) >= 11 is 0. The van der Waals surface area contributed by atoms with E-state index in [0.29, 0.717) is 55.8 Å². The van der Waals surface area contributed by atoms with E-state index in [1.807, 2.05) is 12.1 Å². The second-order valence-corrected chi connectivity index (χ2v) is 9.20. The first-order valence-electron chi connectivity index (χ1n) is 12.1. The highest BCUT2D eigenvalue weighted by molar-refractivity contribution is 5.97. The molecule has 11 heteroatoms. The average molecular weight is 475 g/mol. The van der Waals surface area contributed by atoms with Crippen molar-refractivity contribution < 1.29 is 24.3 Å². The van der Waals surface area contributed by atoms with E-state index in [-0.39, 0.29) is 18.4 Å². The molecule has 0 aromatic carbocycles. The molecule has 186 valence electrons. The molecule has 1 aromatic rings. The molecule has 2 saturated heterocycles. The Morgan fingerprint density at radius 2 is 2.03 bits per heavy atom. The Morgan fingerprint density at radius 3 is 2.76 bits per heavy atom. The lowest BCUT2D eigenvalue weighted by molar-refractivity contribution is -0.159. The van der Waals surface area contributed by atoms with Gasteiger partial charge in [0.1, 0.15) is 17.7 Å². The van der Waals surface area contributed by atoms with Crippen LogP contribution in [0.4, 0.5) is 11.6 Å². The van der Waals surface area contributed by atoms with Crippen LogP contribution in [-0.4, -0.2) is 83.9 Å². The average Bonchev–Trinajstić information content (AvgIpc) is 3.56. The Labute approximate surface area is 199 Å². The lowest BCUT2D eigenvalue weighted by atomic mass is 9.92. The first-order valence-corrected chi connectivity index (χ1v) is 12.1. The molecule has 1 aliphatic carbocycles. The van der Waals surface area contributed by atoms with Crippen molar-refractivity contribution in [2.45, 2.75) is 44.6 Å². The summed E-state index contributed by atoms with van der Waals surface area (Å²) < 4.78 is 5.39. The number of ether oxygens (including phenoxy) is 1. The summed E-state index contributed by atoms with van der Waals surface area (Å²) in [6.45, 7) is 3.15. The Bertz CT molecular complexity index is 858. The quantitative estimate of drug-likeness (QED) is 0.275. The Hall–Kier alpha value is -2.76. The lowest BCUT2D eigenvalue weighted by Crippen LogP contribution is -2.51. The first kappa shape index (κ1) is 24.4. The fourth-order valence-electron chi connectivity index (χ4n) is 5.08. The molecule has 3 fully saturated rings. The molecular formula is C23H34N6O5. The summed E-state index contributed by atoms with van der Waals surface area (Å²) in [5.74, 6) is 0.407. The monoisotopic (exact) mass is 474 g/mol. The molecule has 0 bridgehead atoms. The van der Waals surface area contributed by atoms with E-state index in [2.05, 4.69) is 20.6 Å². The Morgan fingerprint density at radius 1 is 1.26 bits per heavy atom. The summed E-state index contributed by atoms with van der Waals surface area (Å²) in [6.07, 6.45) is 5.70. The maximum absolute atomic E-state index is 13.4. The predicted molar refractivity (Wildman–Crippen MR) is 124 cm³/mol. The number of hydroxylamine groups is 2. The van der Waals surface area contributed by atoms with Gasteiger partial charge in [-0.05, 0) is 30.9 Å². The molecule has 3 heterocycles. The summed E-state index contributed by atoms with van der Waals surface area (Å²) in [5.41, 5.74) is 3.02. The number of amides is 3. The number of hydrogen-bond donors (Lipinski definition) is 3. The number of hydrazine groups is 1. The molecule has 2 aliphatic heterocycles. The van der Waals surface area contributed by atoms with Gasteiger partial charge < -0.3 is 15.0 Å². The maximum Gasteiger partial charge on any atom is 0.250 e. The fraction of sp³-hybridized carbons (Fsp3) is 0.652. The molecule has 1 aromatic heterocycles. The highest BCUT2D eigenvalue weighted by atomic mass is 16.5. The minimum atomic E-state index is -0.698. The van der Waals surface area contributed by atoms with Crippen molar-refractivity contribution in [1.82, 2.24) is 20.5 Å². The van der Waals surface area contributed by atoms with Crippen LogP contribution in [-0.2, 0) is 19.1 Å². The van der Waals surface area contributed by atoms with Gasteiger partial charge in [0.05, 0.1) is 25.7 Å². The highest BCUT2D eigenvalue weighted by Crippen LogP contribution is 2.31. The molecule has 1 saturated carbocycles. The van der Waals surface area contributed by atoms with Gasteiger partial charge >= 0.3 is 0 Å². The summed E-state index contributed by atoms with van der Waals surface area (Å²) in [7, 11) is 0. The molecule has 0 radical (unpaired) electrons. The van der Waals surface area contributed by atoms with Crippen molar-refractivity contribution in [3.63, 3.8) is 0 Å². The van der Waals surface area contributed by atoms with Crippen molar-refractivity contribution in [2.75, 3.05) is 49.6 Å². The van der Waals surface area contributed by atoms with Crippen LogP contribution >= 0.6 is 0 Å². The van der Waals surface area contributed by atoms with Crippen molar-refractivity contribution >= 4 is 29.9 Å². The molecule has 0 spiro atoms. The summed E-state index contributed by atoms with van der Waals surface area (Å²) in [4.78, 5) is 44.2. The fourth-order valence-corrected chi connectivity index (χ4v) is 5.08. The summed E-state index contributed by atoms with van der Waals surface area (Å²) in [5, 5.41) is 14.5. The zero-order valence-corrected chi connectivity index (χ0v) is 19.4. The second-order valence-electron chi connectivity index (χ2n) is 9.20. The third kappa shape index (κ3) is 6.02. The number of anilines is 2. The number of nitrogens with one attached hydrogen (secondary N) is 2. The molecular weight excluding hydrogens is 440 g/mol. The highest BCUT2D eigenvalue weighted by Gasteiger charge is 2.39. The van der Waals surface area contributed by atoms with Gasteiger partial charge in [-0.3, -0.25) is 24.6 Å². The minimum Gasteiger partial charge on any atom is -0.378 e. The van der Waals surface area contributed by atoms with Crippen LogP contribution < -0.4 is 15.6 Å². The number of aromatic nitrogens is 1. The molecule has 3 amide bonds. The van der Waals surface area contributed by atoms with Crippen molar-refractivity contribution in [3.05, 3.63) is 18.2 Å². The smallest absolute Gasteiger partial charge is 0.250 e. The topological polar surface area (TPSA) is 127 Å². The molecule has 34 heavy (non-hydrogen) atoms. The summed E-state index contributed by atoms with van der Waals surface area (Å²) in [6, 6.07) is 4.77. The van der Waals surface area contributed by atoms with Crippen LogP contribution in [0.2, 0.25) is 0 Å². The molecule has 1 unspecified atom stereocenters. The van der Waals surface area contributed by atoms with Crippen LogP contribution in [0.1, 0.15) is 38.5 Å². The van der Waals surface area contributed by atoms with Crippen LogP contribution in [0, 0.1) is 11.8 Å². The maximum atomic E-state index is 13.4. The molecule has 3 N–H and O–H groups in total. The third-order valence-corrected chi connectivity index (χ3v) is 6.84. The lowest BCUT2D eigenvalue weighted by Gasteiger charge is -2.30. The normalized spacial score (nSPS) is 22.0. The van der Waals surface area contributed by atoms with Crippen molar-refractivity contribution in [2.24, 2.45) is 11.8 Å². The van der Waals surface area contributed by atoms with Crippen LogP contribution in [0.5, 0.6) is 0 Å². The minimum absolute atomic E-state index is 0.0888. The number of hydrogen-bond acceptors (Lipinski definition) is 8. The number of carbonyl (C=O) groups excluding carboxylic acids is 3. The van der Waals surface area contributed by atoms with Crippen LogP contribution in [0.25, 0.3) is 0 Å². The standard InChI is InChI=1S/C23H34N6O5/c30-16-28(33)15-18(14-17-4-1-2-5-17)23(32)29-19(8-9-24-29)22(31)26-20-6-3-7-21(25-20)27-10-12-34-13-11-27/h3,6-7,16-19,24,33H,1-2,4-5,8-15H2,(H,25,26,31)/t18?,19-/m0/s1. The van der Waals surface area contributed by atoms with Gasteiger partial charge in [0.15, 0.2) is 0 Å². The van der Waals surface area contributed by atoms with E-state index < -0.39 is 12.0 Å². The van der Waals surface area contributed by atoms with Crippen molar-refractivity contribution in [1.29, 1.82) is 0 Å². The number of nitrogens with zero attached hydrogens (tertiary/aromatic N) is 4. The van der Waals surface area contributed by atoms with Gasteiger partial charge in [-0.2, -0.15) is 0 Å². The molecule has 3 aliphatic rings. The zero-order valence-electron chi connectivity index (χ0n) is 19.4. The molecule has 2 atom stereocenters. The number of pyridine rings is 1. The zero-order chi connectivity index (χ0) is 23.9. The van der Waals surface area contributed by atoms with E-state index in [0.717, 1.165) is 44.6 Å². The second kappa shape index (κ2) is 11.6. The SMILES string of the molecule is O=CN(O)CC(CC1CCCC1)C(=O)N1NCC[C@H]1C(=O)Nc1cccc(N2CCOCC2)n1. The van der Waals surface area contributed by atoms with Gasteiger partial charge in [0, 0.05) is 19.6 Å². The number of rotatable bonds is 9. The third-order valence-electron chi connectivity index (χ3n) is 6.84. The van der Waals surface area contributed by atoms with Crippen molar-refractivity contribution in [3.8, 4) is 0 Å². The first-order chi connectivity index (χ1) is 16.5. The van der Waals surface area contributed by atoms with Crippen LogP contribution in [0.3, 0.4) is 0 Å². The van der Waals surface area contributed by atoms with Gasteiger partial charge in [0.2, 0.25) is 18.2 Å². The van der Waals surface area contributed by atoms with Gasteiger partial charge in [-0.25, -0.2) is 15.5 Å². The van der Waals surface area contributed by atoms with Crippen LogP contribution in [0.15, 0.2) is 18.2 Å². The largest absolute Gasteiger partial charge is 0.378 e. The van der Waals surface area contributed by atoms with Gasteiger partial charge in [-0.15, -0.1) is 0 Å². The van der Waals surface area contributed by atoms with Gasteiger partial charge in [-0.1, -0.05) is 31.7 Å². The van der Waals surface area contributed by atoms with E-state index in [9.17, 15) is 19.6 Å². The van der Waals surface area contributed by atoms with E-state index >= 15 is 0 Å². The number of morpholine rings is 1.